The molecule has 0 aromatic heterocycles. The second kappa shape index (κ2) is 5.80. The number of rotatable bonds is 4. The normalized spacial score (nSPS) is 19.2. The minimum Gasteiger partial charge on any atom is -0.380 e. The summed E-state index contributed by atoms with van der Waals surface area (Å²) >= 11 is 0. The van der Waals surface area contributed by atoms with Gasteiger partial charge in [0.2, 0.25) is 5.91 Å². The van der Waals surface area contributed by atoms with Crippen LogP contribution in [0.15, 0.2) is 24.3 Å². The summed E-state index contributed by atoms with van der Waals surface area (Å²) in [6.07, 6.45) is 2.00. The van der Waals surface area contributed by atoms with Crippen molar-refractivity contribution in [2.45, 2.75) is 25.5 Å². The summed E-state index contributed by atoms with van der Waals surface area (Å²) in [7, 11) is 1.67. The molecule has 2 rings (SSSR count). The first-order valence-corrected chi connectivity index (χ1v) is 5.92. The number of benzene rings is 1. The van der Waals surface area contributed by atoms with Crippen LogP contribution >= 0.6 is 0 Å². The summed E-state index contributed by atoms with van der Waals surface area (Å²) in [5.74, 6) is 0.0574. The van der Waals surface area contributed by atoms with Gasteiger partial charge in [0.05, 0.1) is 12.6 Å². The van der Waals surface area contributed by atoms with Crippen LogP contribution in [-0.4, -0.2) is 25.6 Å². The largest absolute Gasteiger partial charge is 0.380 e. The highest BCUT2D eigenvalue weighted by atomic mass is 16.5. The number of ether oxygens (including phenoxy) is 1. The Morgan fingerprint density at radius 1 is 1.47 bits per heavy atom. The van der Waals surface area contributed by atoms with Gasteiger partial charge in [-0.3, -0.25) is 4.79 Å². The van der Waals surface area contributed by atoms with Gasteiger partial charge in [-0.05, 0) is 37.1 Å². The minimum atomic E-state index is -0.0337. The lowest BCUT2D eigenvalue weighted by Gasteiger charge is -2.11. The van der Waals surface area contributed by atoms with Crippen molar-refractivity contribution in [1.82, 2.24) is 5.32 Å². The van der Waals surface area contributed by atoms with Crippen molar-refractivity contribution in [1.29, 1.82) is 0 Å². The lowest BCUT2D eigenvalue weighted by Crippen LogP contribution is -2.35. The highest BCUT2D eigenvalue weighted by Crippen LogP contribution is 2.12. The molecule has 1 aliphatic heterocycles. The Labute approximate surface area is 101 Å². The average molecular weight is 234 g/mol. The van der Waals surface area contributed by atoms with Gasteiger partial charge in [-0.2, -0.15) is 0 Å². The first kappa shape index (κ1) is 12.1. The highest BCUT2D eigenvalue weighted by molar-refractivity contribution is 5.94. The Kier molecular flexibility index (Phi) is 4.12. The molecule has 2 N–H and O–H groups in total. The number of hydrogen-bond acceptors (Lipinski definition) is 3. The molecule has 0 spiro atoms. The quantitative estimate of drug-likeness (QED) is 0.830. The summed E-state index contributed by atoms with van der Waals surface area (Å²) in [4.78, 5) is 11.8. The number of nitrogens with one attached hydrogen (secondary N) is 2. The van der Waals surface area contributed by atoms with Gasteiger partial charge in [0.15, 0.2) is 0 Å². The van der Waals surface area contributed by atoms with Crippen molar-refractivity contribution in [2.24, 2.45) is 0 Å². The first-order valence-electron chi connectivity index (χ1n) is 5.92. The molecular weight excluding hydrogens is 216 g/mol. The molecule has 1 fully saturated rings. The molecule has 4 heteroatoms. The van der Waals surface area contributed by atoms with Gasteiger partial charge in [0.1, 0.15) is 0 Å². The fourth-order valence-electron chi connectivity index (χ4n) is 1.99. The van der Waals surface area contributed by atoms with Crippen molar-refractivity contribution in [2.75, 3.05) is 19.0 Å². The van der Waals surface area contributed by atoms with Crippen LogP contribution in [0.2, 0.25) is 0 Å². The van der Waals surface area contributed by atoms with E-state index >= 15 is 0 Å². The van der Waals surface area contributed by atoms with Crippen molar-refractivity contribution in [3.8, 4) is 0 Å². The Bertz CT molecular complexity index is 370. The minimum absolute atomic E-state index is 0.0337. The molecule has 1 aromatic carbocycles. The van der Waals surface area contributed by atoms with E-state index in [0.717, 1.165) is 30.6 Å². The van der Waals surface area contributed by atoms with E-state index < -0.39 is 0 Å². The zero-order chi connectivity index (χ0) is 12.1. The van der Waals surface area contributed by atoms with E-state index in [2.05, 4.69) is 10.6 Å². The maximum Gasteiger partial charge on any atom is 0.241 e. The van der Waals surface area contributed by atoms with Gasteiger partial charge in [0, 0.05) is 12.8 Å². The van der Waals surface area contributed by atoms with Crippen molar-refractivity contribution >= 4 is 11.6 Å². The third-order valence-corrected chi connectivity index (χ3v) is 2.91. The second-order valence-electron chi connectivity index (χ2n) is 4.27. The molecule has 92 valence electrons. The molecule has 0 radical (unpaired) electrons. The third-order valence-electron chi connectivity index (χ3n) is 2.91. The van der Waals surface area contributed by atoms with E-state index in [1.165, 1.54) is 0 Å². The second-order valence-corrected chi connectivity index (χ2v) is 4.27. The molecular formula is C13H18N2O2. The number of carbonyl (C=O) groups is 1. The molecule has 0 aliphatic carbocycles. The van der Waals surface area contributed by atoms with E-state index in [1.807, 2.05) is 24.3 Å². The third kappa shape index (κ3) is 3.28. The van der Waals surface area contributed by atoms with Crippen LogP contribution in [0.3, 0.4) is 0 Å². The molecule has 1 saturated heterocycles. The van der Waals surface area contributed by atoms with Crippen molar-refractivity contribution in [3.05, 3.63) is 29.8 Å². The Morgan fingerprint density at radius 2 is 2.24 bits per heavy atom. The van der Waals surface area contributed by atoms with Crippen LogP contribution in [0, 0.1) is 0 Å². The van der Waals surface area contributed by atoms with Gasteiger partial charge in [0.25, 0.3) is 0 Å². The zero-order valence-corrected chi connectivity index (χ0v) is 10.0. The molecule has 1 heterocycles. The van der Waals surface area contributed by atoms with Crippen LogP contribution in [-0.2, 0) is 16.1 Å². The predicted molar refractivity (Wildman–Crippen MR) is 66.8 cm³/mol. The molecule has 1 aromatic rings. The molecule has 0 saturated carbocycles. The molecule has 1 amide bonds. The molecule has 1 aliphatic rings. The van der Waals surface area contributed by atoms with E-state index in [-0.39, 0.29) is 11.9 Å². The summed E-state index contributed by atoms with van der Waals surface area (Å²) < 4.78 is 5.03. The molecule has 0 bridgehead atoms. The maximum absolute atomic E-state index is 11.8. The standard InChI is InChI=1S/C13H18N2O2/c1-17-9-10-4-6-11(7-5-10)15-13(16)12-3-2-8-14-12/h4-7,12,14H,2-3,8-9H2,1H3,(H,15,16). The zero-order valence-electron chi connectivity index (χ0n) is 10.0. The number of amides is 1. The van der Waals surface area contributed by atoms with E-state index in [4.69, 9.17) is 4.74 Å². The van der Waals surface area contributed by atoms with Gasteiger partial charge >= 0.3 is 0 Å². The lowest BCUT2D eigenvalue weighted by atomic mass is 10.2. The summed E-state index contributed by atoms with van der Waals surface area (Å²) in [6.45, 7) is 1.53. The Hall–Kier alpha value is -1.39. The van der Waals surface area contributed by atoms with Gasteiger partial charge in [-0.15, -0.1) is 0 Å². The fourth-order valence-corrected chi connectivity index (χ4v) is 1.99. The number of hydrogen-bond donors (Lipinski definition) is 2. The maximum atomic E-state index is 11.8. The summed E-state index contributed by atoms with van der Waals surface area (Å²) in [5.41, 5.74) is 1.94. The van der Waals surface area contributed by atoms with E-state index in [9.17, 15) is 4.79 Å². The van der Waals surface area contributed by atoms with Gasteiger partial charge < -0.3 is 15.4 Å². The average Bonchev–Trinajstić information content (AvgIpc) is 2.86. The SMILES string of the molecule is COCc1ccc(NC(=O)C2CCCN2)cc1. The lowest BCUT2D eigenvalue weighted by molar-refractivity contribution is -0.117. The predicted octanol–water partition coefficient (Wildman–Crippen LogP) is 1.52. The van der Waals surface area contributed by atoms with Crippen LogP contribution in [0.5, 0.6) is 0 Å². The van der Waals surface area contributed by atoms with Crippen LogP contribution in [0.25, 0.3) is 0 Å². The monoisotopic (exact) mass is 234 g/mol. The number of methoxy groups -OCH3 is 1. The summed E-state index contributed by atoms with van der Waals surface area (Å²) in [6, 6.07) is 7.69. The number of anilines is 1. The van der Waals surface area contributed by atoms with Crippen LogP contribution < -0.4 is 10.6 Å². The van der Waals surface area contributed by atoms with Crippen LogP contribution in [0.1, 0.15) is 18.4 Å². The van der Waals surface area contributed by atoms with Crippen molar-refractivity contribution in [3.63, 3.8) is 0 Å². The van der Waals surface area contributed by atoms with Crippen molar-refractivity contribution < 1.29 is 9.53 Å². The summed E-state index contributed by atoms with van der Waals surface area (Å²) in [5, 5.41) is 6.09. The molecule has 1 atom stereocenters. The number of carbonyl (C=O) groups excluding carboxylic acids is 1. The fraction of sp³-hybridized carbons (Fsp3) is 0.462. The Balaban J connectivity index is 1.91. The molecule has 17 heavy (non-hydrogen) atoms. The first-order chi connectivity index (χ1) is 8.29. The Morgan fingerprint density at radius 3 is 2.82 bits per heavy atom. The van der Waals surface area contributed by atoms with E-state index in [1.54, 1.807) is 7.11 Å². The smallest absolute Gasteiger partial charge is 0.241 e. The molecule has 1 unspecified atom stereocenters. The van der Waals surface area contributed by atoms with Gasteiger partial charge in [-0.1, -0.05) is 12.1 Å². The van der Waals surface area contributed by atoms with Crippen LogP contribution in [0.4, 0.5) is 5.69 Å². The topological polar surface area (TPSA) is 50.4 Å². The highest BCUT2D eigenvalue weighted by Gasteiger charge is 2.21. The van der Waals surface area contributed by atoms with Gasteiger partial charge in [-0.25, -0.2) is 0 Å². The molecule has 4 nitrogen and oxygen atoms in total. The van der Waals surface area contributed by atoms with E-state index in [0.29, 0.717) is 6.61 Å².